The fourth-order valence-electron chi connectivity index (χ4n) is 4.41. The van der Waals surface area contributed by atoms with Crippen LogP contribution in [0.3, 0.4) is 0 Å². The van der Waals surface area contributed by atoms with E-state index in [2.05, 4.69) is 10.1 Å². The molecule has 4 rings (SSSR count). The number of aromatic nitrogens is 3. The molecule has 2 aromatic carbocycles. The lowest BCUT2D eigenvalue weighted by Crippen LogP contribution is -2.35. The van der Waals surface area contributed by atoms with E-state index >= 15 is 0 Å². The molecule has 0 saturated carbocycles. The number of rotatable bonds is 7. The molecule has 7 nitrogen and oxygen atoms in total. The Morgan fingerprint density at radius 3 is 2.55 bits per heavy atom. The van der Waals surface area contributed by atoms with Crippen LogP contribution in [0.25, 0.3) is 27.7 Å². The number of aryl methyl sites for hydroxylation is 1. The van der Waals surface area contributed by atoms with Crippen LogP contribution in [-0.4, -0.2) is 44.4 Å². The minimum Gasteiger partial charge on any atom is -0.508 e. The van der Waals surface area contributed by atoms with Crippen LogP contribution in [0.1, 0.15) is 30.0 Å². The molecule has 2 aromatic heterocycles. The molecule has 200 valence electrons. The molecule has 0 aliphatic rings. The van der Waals surface area contributed by atoms with Gasteiger partial charge in [-0.05, 0) is 61.3 Å². The van der Waals surface area contributed by atoms with Gasteiger partial charge >= 0.3 is 6.18 Å². The van der Waals surface area contributed by atoms with Gasteiger partial charge in [-0.15, -0.1) is 0 Å². The molecule has 0 unspecified atom stereocenters. The molecule has 0 saturated heterocycles. The van der Waals surface area contributed by atoms with E-state index in [4.69, 9.17) is 17.3 Å². The van der Waals surface area contributed by atoms with Crippen LogP contribution in [0.15, 0.2) is 53.6 Å². The Labute approximate surface area is 222 Å². The zero-order chi connectivity index (χ0) is 27.8. The zero-order valence-corrected chi connectivity index (χ0v) is 21.8. The van der Waals surface area contributed by atoms with Crippen LogP contribution in [0, 0.1) is 6.92 Å². The maximum atomic E-state index is 13.8. The van der Waals surface area contributed by atoms with E-state index in [1.807, 2.05) is 37.9 Å². The van der Waals surface area contributed by atoms with Crippen molar-refractivity contribution in [2.75, 3.05) is 13.6 Å². The van der Waals surface area contributed by atoms with Crippen molar-refractivity contribution in [3.8, 4) is 22.6 Å². The number of hydrogen-bond acceptors (Lipinski definition) is 6. The number of hydrogen-bond donors (Lipinski definition) is 2. The highest BCUT2D eigenvalue weighted by Gasteiger charge is 2.32. The minimum atomic E-state index is -4.72. The quantitative estimate of drug-likeness (QED) is 0.327. The Morgan fingerprint density at radius 1 is 1.16 bits per heavy atom. The van der Waals surface area contributed by atoms with Gasteiger partial charge in [-0.3, -0.25) is 9.78 Å². The van der Waals surface area contributed by atoms with Gasteiger partial charge in [-0.2, -0.15) is 23.0 Å². The van der Waals surface area contributed by atoms with Crippen molar-refractivity contribution in [3.63, 3.8) is 0 Å². The third kappa shape index (κ3) is 5.82. The highest BCUT2D eigenvalue weighted by atomic mass is 35.5. The molecule has 0 fully saturated rings. The molecule has 3 N–H and O–H groups in total. The van der Waals surface area contributed by atoms with Gasteiger partial charge in [0.15, 0.2) is 0 Å². The summed E-state index contributed by atoms with van der Waals surface area (Å²) in [5.41, 5.74) is 7.37. The van der Waals surface area contributed by atoms with Crippen molar-refractivity contribution < 1.29 is 18.3 Å². The van der Waals surface area contributed by atoms with Crippen LogP contribution in [0.4, 0.5) is 13.2 Å². The van der Waals surface area contributed by atoms with Gasteiger partial charge in [0.2, 0.25) is 0 Å². The molecule has 0 aliphatic heterocycles. The smallest absolute Gasteiger partial charge is 0.416 e. The summed E-state index contributed by atoms with van der Waals surface area (Å²) in [6.45, 7) is 4.73. The standard InChI is InChI=1S/C27H27ClF3N5O2/c1-4-19(32)13-35(3)14-23-22(16-5-15(2)6-18(28)7-16)11-33-24-12-34-36(26(38)25(23)24)20-8-17(27(29,30)31)9-21(37)10-20/h5-12,19,37H,4,13-14,32H2,1-3H3/t19-/m0/s1. The summed E-state index contributed by atoms with van der Waals surface area (Å²) in [6.07, 6.45) is -1.00. The number of alkyl halides is 3. The monoisotopic (exact) mass is 545 g/mol. The molecule has 38 heavy (non-hydrogen) atoms. The number of fused-ring (bicyclic) bond motifs is 1. The highest BCUT2D eigenvalue weighted by molar-refractivity contribution is 6.31. The van der Waals surface area contributed by atoms with Crippen molar-refractivity contribution in [1.29, 1.82) is 0 Å². The summed E-state index contributed by atoms with van der Waals surface area (Å²) in [7, 11) is 1.87. The van der Waals surface area contributed by atoms with Crippen LogP contribution < -0.4 is 11.3 Å². The number of phenolic OH excluding ortho intramolecular Hbond substituents is 1. The van der Waals surface area contributed by atoms with Crippen LogP contribution in [-0.2, 0) is 12.7 Å². The predicted octanol–water partition coefficient (Wildman–Crippen LogP) is 5.30. The van der Waals surface area contributed by atoms with E-state index in [0.29, 0.717) is 35.3 Å². The van der Waals surface area contributed by atoms with E-state index in [1.165, 1.54) is 6.20 Å². The number of nitrogens with zero attached hydrogens (tertiary/aromatic N) is 4. The summed E-state index contributed by atoms with van der Waals surface area (Å²) in [5.74, 6) is -0.640. The Bertz CT molecular complexity index is 1530. The van der Waals surface area contributed by atoms with Crippen molar-refractivity contribution >= 4 is 22.5 Å². The highest BCUT2D eigenvalue weighted by Crippen LogP contribution is 2.34. The zero-order valence-electron chi connectivity index (χ0n) is 21.1. The van der Waals surface area contributed by atoms with Crippen LogP contribution >= 0.6 is 11.6 Å². The van der Waals surface area contributed by atoms with E-state index < -0.39 is 23.0 Å². The molecule has 0 bridgehead atoms. The molecular formula is C27H27ClF3N5O2. The Morgan fingerprint density at radius 2 is 1.89 bits per heavy atom. The lowest BCUT2D eigenvalue weighted by molar-refractivity contribution is -0.137. The molecule has 11 heteroatoms. The molecule has 0 spiro atoms. The number of benzene rings is 2. The summed E-state index contributed by atoms with van der Waals surface area (Å²) in [4.78, 5) is 20.2. The maximum Gasteiger partial charge on any atom is 0.416 e. The number of phenols is 1. The Hall–Kier alpha value is -3.47. The Balaban J connectivity index is 1.99. The first-order valence-electron chi connectivity index (χ1n) is 11.9. The van der Waals surface area contributed by atoms with Gasteiger partial charge in [-0.1, -0.05) is 24.6 Å². The minimum absolute atomic E-state index is 0.0867. The normalized spacial score (nSPS) is 12.9. The number of likely N-dealkylation sites (N-methyl/N-ethyl adjacent to an activating group) is 1. The first-order valence-corrected chi connectivity index (χ1v) is 12.3. The van der Waals surface area contributed by atoms with E-state index in [0.717, 1.165) is 34.4 Å². The molecule has 2 heterocycles. The van der Waals surface area contributed by atoms with Gasteiger partial charge in [0.25, 0.3) is 5.56 Å². The van der Waals surface area contributed by atoms with Crippen molar-refractivity contribution in [1.82, 2.24) is 19.7 Å². The molecule has 0 radical (unpaired) electrons. The second-order valence-corrected chi connectivity index (χ2v) is 9.83. The molecule has 0 amide bonds. The fourth-order valence-corrected chi connectivity index (χ4v) is 4.70. The third-order valence-corrected chi connectivity index (χ3v) is 6.46. The van der Waals surface area contributed by atoms with E-state index in [-0.39, 0.29) is 22.6 Å². The van der Waals surface area contributed by atoms with Gasteiger partial charge in [0.05, 0.1) is 28.4 Å². The second kappa shape index (κ2) is 10.7. The second-order valence-electron chi connectivity index (χ2n) is 9.39. The lowest BCUT2D eigenvalue weighted by Gasteiger charge is -2.23. The summed E-state index contributed by atoms with van der Waals surface area (Å²) in [6, 6.07) is 7.82. The van der Waals surface area contributed by atoms with Crippen LogP contribution in [0.5, 0.6) is 5.75 Å². The molecule has 1 atom stereocenters. The first kappa shape index (κ1) is 27.6. The molecule has 0 aliphatic carbocycles. The van der Waals surface area contributed by atoms with Gasteiger partial charge in [0.1, 0.15) is 5.75 Å². The summed E-state index contributed by atoms with van der Waals surface area (Å²) in [5, 5.41) is 14.7. The van der Waals surface area contributed by atoms with Crippen LogP contribution in [0.2, 0.25) is 5.02 Å². The summed E-state index contributed by atoms with van der Waals surface area (Å²) >= 11 is 6.33. The third-order valence-electron chi connectivity index (χ3n) is 6.24. The van der Waals surface area contributed by atoms with Gasteiger partial charge in [0, 0.05) is 42.0 Å². The lowest BCUT2D eigenvalue weighted by atomic mass is 9.97. The van der Waals surface area contributed by atoms with Crippen molar-refractivity contribution in [3.05, 3.63) is 80.9 Å². The number of pyridine rings is 1. The molecular weight excluding hydrogens is 519 g/mol. The average molecular weight is 546 g/mol. The van der Waals surface area contributed by atoms with Gasteiger partial charge < -0.3 is 15.7 Å². The van der Waals surface area contributed by atoms with E-state index in [1.54, 1.807) is 12.3 Å². The largest absolute Gasteiger partial charge is 0.508 e. The van der Waals surface area contributed by atoms with Crippen molar-refractivity contribution in [2.45, 2.75) is 39.0 Å². The number of halogens is 4. The Kier molecular flexibility index (Phi) is 7.78. The SMILES string of the molecule is CC[C@H](N)CN(C)Cc1c(-c2cc(C)cc(Cl)c2)cnc2cnn(-c3cc(O)cc(C(F)(F)F)c3)c(=O)c12. The predicted molar refractivity (Wildman–Crippen MR) is 142 cm³/mol. The topological polar surface area (TPSA) is 97.3 Å². The van der Waals surface area contributed by atoms with Gasteiger partial charge in [-0.25, -0.2) is 0 Å². The molecule has 4 aromatic rings. The number of aromatic hydroxyl groups is 1. The maximum absolute atomic E-state index is 13.8. The number of nitrogens with two attached hydrogens (primary N) is 1. The fraction of sp³-hybridized carbons (Fsp3) is 0.296. The first-order chi connectivity index (χ1) is 17.9. The van der Waals surface area contributed by atoms with E-state index in [9.17, 15) is 23.1 Å². The van der Waals surface area contributed by atoms with Crippen molar-refractivity contribution in [2.24, 2.45) is 5.73 Å². The average Bonchev–Trinajstić information content (AvgIpc) is 2.82. The summed E-state index contributed by atoms with van der Waals surface area (Å²) < 4.78 is 41.1.